The fourth-order valence-electron chi connectivity index (χ4n) is 7.25. The molecule has 0 aromatic carbocycles. The fraction of sp³-hybridized carbons (Fsp3) is 1.00. The molecule has 4 aliphatic rings. The molecule has 0 bridgehead atoms. The lowest BCUT2D eigenvalue weighted by molar-refractivity contribution is -0.153. The maximum atomic E-state index is 11.2. The maximum Gasteiger partial charge on any atom is 0.0675 e. The van der Waals surface area contributed by atoms with Crippen LogP contribution in [-0.4, -0.2) is 21.9 Å². The van der Waals surface area contributed by atoms with Crippen molar-refractivity contribution in [2.75, 3.05) is 0 Å². The molecule has 0 aromatic heterocycles. The average molecular weight is 310 g/mol. The molecule has 2 nitrogen and oxygen atoms in total. The third-order valence-electron chi connectivity index (χ3n) is 8.79. The van der Waals surface area contributed by atoms with E-state index in [-0.39, 0.29) is 6.10 Å². The summed E-state index contributed by atoms with van der Waals surface area (Å²) in [7, 11) is 0. The van der Waals surface area contributed by atoms with Crippen LogP contribution in [0.4, 0.5) is 0 Å². The van der Waals surface area contributed by atoms with E-state index in [1.165, 1.54) is 0 Å². The monoisotopic (exact) mass is 309 g/mol. The van der Waals surface area contributed by atoms with E-state index in [2.05, 4.69) is 13.8 Å². The van der Waals surface area contributed by atoms with Gasteiger partial charge in [-0.15, -0.1) is 0 Å². The Morgan fingerprint density at radius 1 is 0.955 bits per heavy atom. The van der Waals surface area contributed by atoms with Crippen molar-refractivity contribution in [3.8, 4) is 0 Å². The lowest BCUT2D eigenvalue weighted by Crippen LogP contribution is -2.56. The number of rotatable bonds is 0. The van der Waals surface area contributed by atoms with Crippen molar-refractivity contribution in [1.29, 1.82) is 0 Å². The number of fused-ring (bicyclic) bond motifs is 5. The van der Waals surface area contributed by atoms with E-state index in [1.807, 2.05) is 0 Å². The van der Waals surface area contributed by atoms with Crippen LogP contribution in [0.3, 0.4) is 0 Å². The predicted molar refractivity (Wildman–Crippen MR) is 88.4 cm³/mol. The summed E-state index contributed by atoms with van der Waals surface area (Å²) >= 11 is 0. The molecule has 4 saturated carbocycles. The summed E-state index contributed by atoms with van der Waals surface area (Å²) < 4.78 is 23.9. The van der Waals surface area contributed by atoms with E-state index in [0.717, 1.165) is 51.4 Å². The molecule has 0 radical (unpaired) electrons. The smallest absolute Gasteiger partial charge is 0.0675 e. The molecule has 0 aromatic rings. The van der Waals surface area contributed by atoms with Gasteiger partial charge in [0.05, 0.1) is 11.7 Å². The van der Waals surface area contributed by atoms with Gasteiger partial charge in [-0.3, -0.25) is 0 Å². The van der Waals surface area contributed by atoms with Crippen LogP contribution in [0.15, 0.2) is 0 Å². The molecule has 126 valence electrons. The van der Waals surface area contributed by atoms with Crippen molar-refractivity contribution >= 4 is 0 Å². The van der Waals surface area contributed by atoms with Crippen molar-refractivity contribution < 1.29 is 14.3 Å². The number of aliphatic hydroxyl groups is 2. The second-order valence-electron chi connectivity index (χ2n) is 9.44. The highest BCUT2D eigenvalue weighted by atomic mass is 16.3. The topological polar surface area (TPSA) is 40.5 Å². The minimum Gasteiger partial charge on any atom is -0.393 e. The first kappa shape index (κ1) is 12.3. The van der Waals surface area contributed by atoms with Gasteiger partial charge in [-0.25, -0.2) is 0 Å². The summed E-state index contributed by atoms with van der Waals surface area (Å²) in [4.78, 5) is 0. The third kappa shape index (κ3) is 1.86. The van der Waals surface area contributed by atoms with Crippen LogP contribution < -0.4 is 0 Å². The van der Waals surface area contributed by atoms with Crippen molar-refractivity contribution in [2.45, 2.75) is 90.2 Å². The van der Waals surface area contributed by atoms with Crippen LogP contribution in [0.25, 0.3) is 0 Å². The van der Waals surface area contributed by atoms with Gasteiger partial charge < -0.3 is 10.2 Å². The van der Waals surface area contributed by atoms with Gasteiger partial charge in [0.25, 0.3) is 0 Å². The zero-order valence-corrected chi connectivity index (χ0v) is 14.1. The Balaban J connectivity index is 1.65. The summed E-state index contributed by atoms with van der Waals surface area (Å²) in [5.41, 5.74) is -1.70. The van der Waals surface area contributed by atoms with Crippen LogP contribution in [0.5, 0.6) is 0 Å². The molecule has 8 atom stereocenters. The Labute approximate surface area is 139 Å². The molecule has 4 fully saturated rings. The Hall–Kier alpha value is -0.0800. The fourth-order valence-corrected chi connectivity index (χ4v) is 7.25. The molecular weight excluding hydrogens is 272 g/mol. The molecule has 2 N–H and O–H groups in total. The molecule has 0 saturated heterocycles. The summed E-state index contributed by atoms with van der Waals surface area (Å²) in [6, 6.07) is 0. The molecule has 4 aliphatic carbocycles. The van der Waals surface area contributed by atoms with E-state index >= 15 is 0 Å². The predicted octanol–water partition coefficient (Wildman–Crippen LogP) is 4.14. The van der Waals surface area contributed by atoms with Gasteiger partial charge in [0.15, 0.2) is 0 Å². The minimum atomic E-state index is -2.29. The lowest BCUT2D eigenvalue weighted by atomic mass is 9.44. The second kappa shape index (κ2) is 4.72. The van der Waals surface area contributed by atoms with E-state index in [9.17, 15) is 10.2 Å². The molecule has 22 heavy (non-hydrogen) atoms. The SMILES string of the molecule is [2H]C([2H])([2H])[C@]1(O)CC[C@H]2[C@@H]3CC[C@H]4C[C@@H](O)CC[C@]4(C)[C@H]3CC[C@@]21C. The highest BCUT2D eigenvalue weighted by molar-refractivity contribution is 5.12. The summed E-state index contributed by atoms with van der Waals surface area (Å²) in [6.07, 6.45) is 8.30. The van der Waals surface area contributed by atoms with Crippen molar-refractivity contribution in [3.63, 3.8) is 0 Å². The molecule has 2 heteroatoms. The van der Waals surface area contributed by atoms with Crippen LogP contribution in [-0.2, 0) is 0 Å². The van der Waals surface area contributed by atoms with Crippen LogP contribution in [0.1, 0.15) is 82.6 Å². The first-order valence-corrected chi connectivity index (χ1v) is 9.43. The summed E-state index contributed by atoms with van der Waals surface area (Å²) in [6.45, 7) is 2.21. The molecule has 0 aliphatic heterocycles. The zero-order chi connectivity index (χ0) is 18.3. The van der Waals surface area contributed by atoms with E-state index in [0.29, 0.717) is 35.5 Å². The van der Waals surface area contributed by atoms with Gasteiger partial charge in [-0.1, -0.05) is 13.8 Å². The Morgan fingerprint density at radius 3 is 2.50 bits per heavy atom. The van der Waals surface area contributed by atoms with Crippen LogP contribution in [0.2, 0.25) is 0 Å². The molecule has 4 rings (SSSR count). The van der Waals surface area contributed by atoms with Gasteiger partial charge in [-0.2, -0.15) is 0 Å². The Bertz CT molecular complexity index is 550. The molecular formula is C20H34O2. The number of aliphatic hydroxyl groups excluding tert-OH is 1. The van der Waals surface area contributed by atoms with E-state index in [4.69, 9.17) is 4.11 Å². The van der Waals surface area contributed by atoms with Gasteiger partial charge in [0.1, 0.15) is 0 Å². The summed E-state index contributed by atoms with van der Waals surface area (Å²) in [5.74, 6) is 2.13. The molecule has 0 heterocycles. The average Bonchev–Trinajstić information content (AvgIpc) is 2.81. The molecule has 0 amide bonds. The first-order valence-electron chi connectivity index (χ1n) is 10.9. The third-order valence-corrected chi connectivity index (χ3v) is 8.79. The highest BCUT2D eigenvalue weighted by Crippen LogP contribution is 2.68. The largest absolute Gasteiger partial charge is 0.393 e. The van der Waals surface area contributed by atoms with Gasteiger partial charge in [0.2, 0.25) is 0 Å². The van der Waals surface area contributed by atoms with Crippen LogP contribution >= 0.6 is 0 Å². The van der Waals surface area contributed by atoms with E-state index < -0.39 is 17.9 Å². The Kier molecular flexibility index (Phi) is 2.64. The van der Waals surface area contributed by atoms with E-state index in [1.54, 1.807) is 0 Å². The number of hydrogen-bond acceptors (Lipinski definition) is 2. The van der Waals surface area contributed by atoms with Crippen molar-refractivity contribution in [1.82, 2.24) is 0 Å². The highest BCUT2D eigenvalue weighted by Gasteiger charge is 2.63. The maximum absolute atomic E-state index is 11.2. The van der Waals surface area contributed by atoms with Gasteiger partial charge in [0, 0.05) is 4.11 Å². The standard InChI is InChI=1S/C20H34O2/c1-18-9-6-14(21)12-13(18)4-5-15-16(18)7-10-19(2)17(15)8-11-20(19,3)22/h13-17,21-22H,4-12H2,1-3H3/t13-,14-,15+,16-,17-,18-,19-,20-/m0/s1/i3D3. The zero-order valence-electron chi connectivity index (χ0n) is 17.1. The van der Waals surface area contributed by atoms with Crippen molar-refractivity contribution in [3.05, 3.63) is 0 Å². The normalized spacial score (nSPS) is 63.8. The summed E-state index contributed by atoms with van der Waals surface area (Å²) in [5, 5.41) is 21.3. The van der Waals surface area contributed by atoms with Crippen LogP contribution in [0, 0.1) is 34.5 Å². The minimum absolute atomic E-state index is 0.129. The molecule has 0 unspecified atom stereocenters. The lowest BCUT2D eigenvalue weighted by Gasteiger charge is -2.61. The van der Waals surface area contributed by atoms with Gasteiger partial charge in [-0.05, 0) is 99.1 Å². The Morgan fingerprint density at radius 2 is 1.73 bits per heavy atom. The number of hydrogen-bond donors (Lipinski definition) is 2. The second-order valence-corrected chi connectivity index (χ2v) is 9.44. The first-order chi connectivity index (χ1) is 11.5. The van der Waals surface area contributed by atoms with Gasteiger partial charge >= 0.3 is 0 Å². The quantitative estimate of drug-likeness (QED) is 0.706. The molecule has 0 spiro atoms. The van der Waals surface area contributed by atoms with Crippen molar-refractivity contribution in [2.24, 2.45) is 34.5 Å².